The summed E-state index contributed by atoms with van der Waals surface area (Å²) in [6.45, 7) is 8.57. The first-order chi connectivity index (χ1) is 29.4. The van der Waals surface area contributed by atoms with E-state index in [4.69, 9.17) is 14.2 Å². The van der Waals surface area contributed by atoms with Crippen molar-refractivity contribution < 1.29 is 37.3 Å². The summed E-state index contributed by atoms with van der Waals surface area (Å²) in [5, 5.41) is 18.6. The molecule has 3 N–H and O–H groups in total. The predicted molar refractivity (Wildman–Crippen MR) is 245 cm³/mol. The molecule has 0 aromatic heterocycles. The minimum atomic E-state index is -0.462. The van der Waals surface area contributed by atoms with Gasteiger partial charge in [0.15, 0.2) is 0 Å². The average Bonchev–Trinajstić information content (AvgIpc) is 3.31. The molecule has 4 aliphatic rings. The highest BCUT2D eigenvalue weighted by atomic mass is 32.1. The number of unbranched alkanes of at least 4 members (excludes halogenated alkanes) is 2. The fourth-order valence-electron chi connectivity index (χ4n) is 8.20. The number of carbonyl (C=O) groups is 1. The number of fused-ring (bicyclic) bond motifs is 4. The van der Waals surface area contributed by atoms with Gasteiger partial charge in [0.05, 0.1) is 64.1 Å². The van der Waals surface area contributed by atoms with E-state index >= 15 is 0 Å². The summed E-state index contributed by atoms with van der Waals surface area (Å²) in [6, 6.07) is 17.5. The lowest BCUT2D eigenvalue weighted by molar-refractivity contribution is -0.107. The number of aliphatic hydroxyl groups is 1. The summed E-state index contributed by atoms with van der Waals surface area (Å²) in [7, 11) is 2.72. The molecule has 3 fully saturated rings. The molecule has 0 saturated carbocycles. The maximum atomic E-state index is 12.7. The molecule has 6 unspecified atom stereocenters. The van der Waals surface area contributed by atoms with Crippen LogP contribution in [0, 0.1) is 11.8 Å². The summed E-state index contributed by atoms with van der Waals surface area (Å²) >= 11 is 4.10. The van der Waals surface area contributed by atoms with E-state index < -0.39 is 6.67 Å². The molecule has 0 spiro atoms. The number of ether oxygens (including phenoxy) is 3. The molecule has 0 bridgehead atoms. The van der Waals surface area contributed by atoms with E-state index in [-0.39, 0.29) is 43.1 Å². The number of thiol groups is 1. The van der Waals surface area contributed by atoms with Crippen LogP contribution in [0.4, 0.5) is 18.9 Å². The third-order valence-corrected chi connectivity index (χ3v) is 11.3. The van der Waals surface area contributed by atoms with Crippen molar-refractivity contribution in [3.05, 3.63) is 124 Å². The molecule has 4 aliphatic heterocycles. The number of halogens is 3. The number of hydrogen-bond donors (Lipinski definition) is 4. The van der Waals surface area contributed by atoms with E-state index in [2.05, 4.69) is 91.7 Å². The minimum absolute atomic E-state index is 0.0130. The zero-order valence-corrected chi connectivity index (χ0v) is 37.7. The average molecular weight is 857 g/mol. The Balaban J connectivity index is 0.000000342. The molecule has 7 nitrogen and oxygen atoms in total. The van der Waals surface area contributed by atoms with Crippen LogP contribution < -0.4 is 10.6 Å². The highest BCUT2D eigenvalue weighted by Gasteiger charge is 2.44. The van der Waals surface area contributed by atoms with Gasteiger partial charge in [-0.25, -0.2) is 4.39 Å². The largest absolute Gasteiger partial charge is 0.394 e. The van der Waals surface area contributed by atoms with Crippen LogP contribution in [-0.4, -0.2) is 77.1 Å². The SMILES string of the molecule is CCCCC=O.CCc1ccc2c(c1)C1OC(CO)CCC1[C@H](/C=C/C=C\S)N2.CF.CF.C\C=C1/C(=C(C)\C=C\CF)N[C@@H](c2ccccc2)C2CCC(COC)OC12. The molecule has 11 heteroatoms. The quantitative estimate of drug-likeness (QED) is 0.0732. The van der Waals surface area contributed by atoms with Gasteiger partial charge in [-0.3, -0.25) is 8.78 Å². The maximum absolute atomic E-state index is 12.7. The van der Waals surface area contributed by atoms with E-state index in [1.54, 1.807) is 18.6 Å². The fraction of sp³-hybridized carbons (Fsp3) is 0.531. The van der Waals surface area contributed by atoms with Gasteiger partial charge in [-0.2, -0.15) is 12.6 Å². The molecule has 4 heterocycles. The van der Waals surface area contributed by atoms with Crippen molar-refractivity contribution in [3.8, 4) is 0 Å². The van der Waals surface area contributed by atoms with Gasteiger partial charge in [0.25, 0.3) is 0 Å². The first-order valence-corrected chi connectivity index (χ1v) is 21.8. The molecule has 334 valence electrons. The Morgan fingerprint density at radius 3 is 2.25 bits per heavy atom. The molecule has 0 aliphatic carbocycles. The number of hydrogen-bond acceptors (Lipinski definition) is 8. The van der Waals surface area contributed by atoms with E-state index in [0.717, 1.165) is 80.2 Å². The van der Waals surface area contributed by atoms with Gasteiger partial charge in [0.1, 0.15) is 13.0 Å². The summed E-state index contributed by atoms with van der Waals surface area (Å²) in [6.07, 6.45) is 20.7. The standard InChI is InChI=1S/C23H30FNO2.C19H25NO2S.C5H10O.2CH3F/c1-4-19-21(16(2)9-8-14-24)25-22(17-10-6-5-7-11-17)20-13-12-18(15-26-3)27-23(19)20;1-2-13-6-9-18-16(11-13)19-15(8-7-14(12-21)22-19)17(20-18)5-3-4-10-23;1-2-3-4-5-6;2*1-2/h4-11,18,20,22-23,25H,12-15H2,1-3H3;3-6,9-11,14-15,17,19-21,23H,2,7-8,12H2,1H3;5H,2-4H2,1H3;2*1H3/b9-8+,19-4+,21-16+;5-3+,10-4-;;;/t18?,20?,22-,23?;14?,15?,17-,19?;;;/m00.../s1. The zero-order valence-electron chi connectivity index (χ0n) is 36.8. The number of anilines is 1. The number of aldehydes is 1. The lowest BCUT2D eigenvalue weighted by atomic mass is 9.75. The Kier molecular flexibility index (Phi) is 26.6. The lowest BCUT2D eigenvalue weighted by Gasteiger charge is -2.47. The number of aliphatic hydroxyl groups excluding tert-OH is 1. The molecule has 0 amide bonds. The number of piperidine rings is 1. The lowest BCUT2D eigenvalue weighted by Crippen LogP contribution is -2.49. The van der Waals surface area contributed by atoms with Crippen LogP contribution in [0.15, 0.2) is 107 Å². The van der Waals surface area contributed by atoms with E-state index in [0.29, 0.717) is 32.8 Å². The van der Waals surface area contributed by atoms with Gasteiger partial charge in [-0.05, 0) is 80.5 Å². The zero-order chi connectivity index (χ0) is 44.3. The normalized spacial score (nSPS) is 26.8. The molecule has 0 radical (unpaired) electrons. The van der Waals surface area contributed by atoms with E-state index in [1.165, 1.54) is 16.7 Å². The van der Waals surface area contributed by atoms with Gasteiger partial charge in [-0.15, -0.1) is 0 Å². The van der Waals surface area contributed by atoms with Crippen LogP contribution in [0.25, 0.3) is 0 Å². The highest BCUT2D eigenvalue weighted by molar-refractivity contribution is 7.83. The van der Waals surface area contributed by atoms with Crippen molar-refractivity contribution in [2.24, 2.45) is 11.8 Å². The van der Waals surface area contributed by atoms with Gasteiger partial charge in [-0.1, -0.05) is 99.2 Å². The molecular weight excluding hydrogens is 786 g/mol. The molecule has 2 aromatic carbocycles. The second-order valence-corrected chi connectivity index (χ2v) is 15.1. The summed E-state index contributed by atoms with van der Waals surface area (Å²) in [4.78, 5) is 9.56. The molecular formula is C49H71F3N2O5S. The maximum Gasteiger partial charge on any atom is 0.119 e. The third-order valence-electron chi connectivity index (χ3n) is 11.1. The molecule has 3 saturated heterocycles. The summed E-state index contributed by atoms with van der Waals surface area (Å²) in [5.74, 6) is 0.746. The van der Waals surface area contributed by atoms with E-state index in [1.807, 2.05) is 38.1 Å². The Hall–Kier alpha value is -3.61. The number of benzene rings is 2. The number of alkyl halides is 3. The summed E-state index contributed by atoms with van der Waals surface area (Å²) in [5.41, 5.74) is 8.21. The minimum Gasteiger partial charge on any atom is -0.394 e. The smallest absolute Gasteiger partial charge is 0.119 e. The van der Waals surface area contributed by atoms with Crippen molar-refractivity contribution in [1.29, 1.82) is 0 Å². The van der Waals surface area contributed by atoms with Gasteiger partial charge in [0, 0.05) is 47.9 Å². The molecule has 2 aromatic rings. The molecule has 6 rings (SSSR count). The van der Waals surface area contributed by atoms with Crippen LogP contribution in [0.2, 0.25) is 0 Å². The monoisotopic (exact) mass is 857 g/mol. The fourth-order valence-corrected chi connectivity index (χ4v) is 8.30. The predicted octanol–water partition coefficient (Wildman–Crippen LogP) is 11.3. The van der Waals surface area contributed by atoms with Crippen LogP contribution in [-0.2, 0) is 25.4 Å². The van der Waals surface area contributed by atoms with Crippen molar-refractivity contribution in [1.82, 2.24) is 5.32 Å². The number of rotatable bonds is 12. The van der Waals surface area contributed by atoms with Gasteiger partial charge < -0.3 is 34.7 Å². The van der Waals surface area contributed by atoms with Gasteiger partial charge in [0.2, 0.25) is 0 Å². The molecule has 8 atom stereocenters. The molecule has 60 heavy (non-hydrogen) atoms. The van der Waals surface area contributed by atoms with Crippen LogP contribution in [0.3, 0.4) is 0 Å². The van der Waals surface area contributed by atoms with Gasteiger partial charge >= 0.3 is 0 Å². The second kappa shape index (κ2) is 30.4. The van der Waals surface area contributed by atoms with Crippen molar-refractivity contribution in [3.63, 3.8) is 0 Å². The summed E-state index contributed by atoms with van der Waals surface area (Å²) < 4.78 is 49.8. The first kappa shape index (κ1) is 52.5. The van der Waals surface area contributed by atoms with Crippen LogP contribution >= 0.6 is 12.6 Å². The topological polar surface area (TPSA) is 89.1 Å². The Bertz CT molecular complexity index is 1650. The number of allylic oxidation sites excluding steroid dienone is 6. The third kappa shape index (κ3) is 15.4. The Labute approximate surface area is 364 Å². The highest BCUT2D eigenvalue weighted by Crippen LogP contribution is 2.47. The second-order valence-electron chi connectivity index (χ2n) is 14.8. The van der Waals surface area contributed by atoms with Crippen molar-refractivity contribution >= 4 is 24.6 Å². The van der Waals surface area contributed by atoms with E-state index in [9.17, 15) is 23.1 Å². The van der Waals surface area contributed by atoms with Crippen LogP contribution in [0.5, 0.6) is 0 Å². The first-order valence-electron chi connectivity index (χ1n) is 21.3. The number of methoxy groups -OCH3 is 1. The Morgan fingerprint density at radius 1 is 0.950 bits per heavy atom. The van der Waals surface area contributed by atoms with Crippen molar-refractivity contribution in [2.75, 3.05) is 46.7 Å². The number of nitrogens with one attached hydrogen (secondary N) is 2. The van der Waals surface area contributed by atoms with Crippen LogP contribution in [0.1, 0.15) is 101 Å². The van der Waals surface area contributed by atoms with Crippen molar-refractivity contribution in [2.45, 2.75) is 116 Å². The number of aryl methyl sites for hydroxylation is 1. The number of carbonyl (C=O) groups excluding carboxylic acids is 1. The Morgan fingerprint density at radius 2 is 1.65 bits per heavy atom.